The second-order valence-corrected chi connectivity index (χ2v) is 10.5. The Morgan fingerprint density at radius 1 is 0.974 bits per heavy atom. The molecule has 39 heavy (non-hydrogen) atoms. The highest BCUT2D eigenvalue weighted by Gasteiger charge is 2.33. The van der Waals surface area contributed by atoms with Crippen molar-refractivity contribution in [2.24, 2.45) is 0 Å². The predicted octanol–water partition coefficient (Wildman–Crippen LogP) is 5.52. The van der Waals surface area contributed by atoms with E-state index in [9.17, 15) is 4.79 Å². The molecule has 1 fully saturated rings. The van der Waals surface area contributed by atoms with Gasteiger partial charge in [-0.25, -0.2) is 4.68 Å². The maximum Gasteiger partial charge on any atom is 0.253 e. The zero-order chi connectivity index (χ0) is 26.6. The number of aryl methyl sites for hydroxylation is 1. The van der Waals surface area contributed by atoms with Gasteiger partial charge in [-0.2, -0.15) is 0 Å². The van der Waals surface area contributed by atoms with E-state index in [1.165, 1.54) is 6.42 Å². The number of rotatable bonds is 8. The summed E-state index contributed by atoms with van der Waals surface area (Å²) in [5.74, 6) is 0.708. The monoisotopic (exact) mass is 519 g/mol. The highest BCUT2D eigenvalue weighted by Crippen LogP contribution is 2.34. The molecule has 3 heterocycles. The van der Waals surface area contributed by atoms with E-state index in [0.717, 1.165) is 53.3 Å². The average molecular weight is 520 g/mol. The minimum atomic E-state index is -0.462. The van der Waals surface area contributed by atoms with Gasteiger partial charge in [-0.1, -0.05) is 73.9 Å². The van der Waals surface area contributed by atoms with E-state index in [4.69, 9.17) is 0 Å². The number of H-pyrrole nitrogens is 1. The molecule has 8 heteroatoms. The number of tetrazole rings is 1. The lowest BCUT2D eigenvalue weighted by Gasteiger charge is -2.32. The number of hydrogen-bond acceptors (Lipinski definition) is 6. The van der Waals surface area contributed by atoms with Crippen LogP contribution in [-0.4, -0.2) is 35.1 Å². The van der Waals surface area contributed by atoms with Crippen molar-refractivity contribution in [2.75, 3.05) is 0 Å². The van der Waals surface area contributed by atoms with Crippen molar-refractivity contribution < 1.29 is 0 Å². The first-order chi connectivity index (χ1) is 19.2. The third kappa shape index (κ3) is 5.38. The molecule has 0 amide bonds. The molecule has 0 spiro atoms. The Morgan fingerprint density at radius 3 is 2.56 bits per heavy atom. The first-order valence-electron chi connectivity index (χ1n) is 13.7. The molecule has 1 atom stereocenters. The van der Waals surface area contributed by atoms with Gasteiger partial charge in [0.2, 0.25) is 0 Å². The zero-order valence-corrected chi connectivity index (χ0v) is 22.2. The molecule has 6 rings (SSSR count). The van der Waals surface area contributed by atoms with Crippen LogP contribution >= 0.6 is 0 Å². The van der Waals surface area contributed by atoms with Crippen LogP contribution in [0.2, 0.25) is 0 Å². The van der Waals surface area contributed by atoms with Crippen molar-refractivity contribution in [3.05, 3.63) is 118 Å². The number of aromatic nitrogens is 6. The Kier molecular flexibility index (Phi) is 7.27. The summed E-state index contributed by atoms with van der Waals surface area (Å²) in [4.78, 5) is 23.7. The quantitative estimate of drug-likeness (QED) is 0.290. The number of nitrogens with zero attached hydrogens (tertiary/aromatic N) is 6. The number of para-hydroxylation sites is 1. The molecule has 0 aliphatic heterocycles. The molecule has 2 aromatic carbocycles. The van der Waals surface area contributed by atoms with Crippen LogP contribution in [0.25, 0.3) is 10.9 Å². The molecule has 1 unspecified atom stereocenters. The van der Waals surface area contributed by atoms with Crippen molar-refractivity contribution >= 4 is 10.9 Å². The Morgan fingerprint density at radius 2 is 1.77 bits per heavy atom. The van der Waals surface area contributed by atoms with E-state index in [2.05, 4.69) is 48.6 Å². The number of aromatic amines is 1. The maximum atomic E-state index is 13.8. The summed E-state index contributed by atoms with van der Waals surface area (Å²) < 4.78 is 1.99. The van der Waals surface area contributed by atoms with E-state index in [0.29, 0.717) is 24.5 Å². The van der Waals surface area contributed by atoms with Crippen molar-refractivity contribution in [3.63, 3.8) is 0 Å². The normalized spacial score (nSPS) is 15.1. The highest BCUT2D eigenvalue weighted by atomic mass is 16.1. The van der Waals surface area contributed by atoms with Crippen molar-refractivity contribution in [2.45, 2.75) is 64.2 Å². The van der Waals surface area contributed by atoms with E-state index in [1.807, 2.05) is 66.3 Å². The lowest BCUT2D eigenvalue weighted by Crippen LogP contribution is -2.35. The second-order valence-electron chi connectivity index (χ2n) is 10.5. The Labute approximate surface area is 227 Å². The fraction of sp³-hybridized carbons (Fsp3) is 0.323. The van der Waals surface area contributed by atoms with Crippen LogP contribution in [0, 0.1) is 6.92 Å². The fourth-order valence-corrected chi connectivity index (χ4v) is 5.85. The molecule has 1 saturated carbocycles. The number of hydrogen-bond donors (Lipinski definition) is 1. The van der Waals surface area contributed by atoms with Crippen molar-refractivity contribution in [3.8, 4) is 0 Å². The Balaban J connectivity index is 1.53. The van der Waals surface area contributed by atoms with E-state index < -0.39 is 6.04 Å². The molecule has 198 valence electrons. The third-order valence-electron chi connectivity index (χ3n) is 7.80. The molecular formula is C31H33N7O. The molecule has 0 radical (unpaired) electrons. The summed E-state index contributed by atoms with van der Waals surface area (Å²) in [6.07, 6.45) is 9.30. The lowest BCUT2D eigenvalue weighted by atomic mass is 9.95. The Hall–Kier alpha value is -4.17. The van der Waals surface area contributed by atoms with Gasteiger partial charge in [0.05, 0.1) is 11.6 Å². The molecule has 1 aliphatic rings. The second kappa shape index (κ2) is 11.3. The van der Waals surface area contributed by atoms with Gasteiger partial charge in [0, 0.05) is 31.0 Å². The molecule has 1 N–H and O–H groups in total. The lowest BCUT2D eigenvalue weighted by molar-refractivity contribution is 0.186. The minimum Gasteiger partial charge on any atom is -0.321 e. The van der Waals surface area contributed by atoms with Crippen LogP contribution in [0.4, 0.5) is 0 Å². The third-order valence-corrected chi connectivity index (χ3v) is 7.80. The summed E-state index contributed by atoms with van der Waals surface area (Å²) in [5.41, 5.74) is 4.62. The summed E-state index contributed by atoms with van der Waals surface area (Å²) in [6, 6.07) is 22.2. The number of fused-ring (bicyclic) bond motifs is 1. The van der Waals surface area contributed by atoms with Crippen LogP contribution in [0.3, 0.4) is 0 Å². The molecule has 1 aliphatic carbocycles. The van der Waals surface area contributed by atoms with E-state index in [1.54, 1.807) is 6.20 Å². The van der Waals surface area contributed by atoms with Gasteiger partial charge in [-0.3, -0.25) is 14.7 Å². The van der Waals surface area contributed by atoms with Gasteiger partial charge >= 0.3 is 0 Å². The van der Waals surface area contributed by atoms with Crippen LogP contribution < -0.4 is 5.56 Å². The molecule has 5 aromatic rings. The van der Waals surface area contributed by atoms with E-state index in [-0.39, 0.29) is 11.6 Å². The number of pyridine rings is 2. The highest BCUT2D eigenvalue weighted by molar-refractivity contribution is 5.82. The van der Waals surface area contributed by atoms with Crippen molar-refractivity contribution in [1.82, 2.24) is 35.1 Å². The largest absolute Gasteiger partial charge is 0.321 e. The standard InChI is InChI=1S/C31H33N7O/c1-22-10-8-14-25-18-27(31(39)33-28(22)25)29(30-34-35-36-38(30)26-15-6-3-7-16-26)37(20-23-11-4-2-5-12-23)21-24-13-9-17-32-19-24/h2,4-5,8-14,17-19,26,29H,3,6-7,15-16,20-21H2,1H3,(H,33,39). The SMILES string of the molecule is Cc1cccc2cc(C(c3nnnn3C3CCCCC3)N(Cc3ccccc3)Cc3cccnc3)c(=O)[nH]c12. The molecule has 3 aromatic heterocycles. The molecule has 0 saturated heterocycles. The topological polar surface area (TPSA) is 92.6 Å². The first-order valence-corrected chi connectivity index (χ1v) is 13.7. The van der Waals surface area contributed by atoms with E-state index >= 15 is 0 Å². The van der Waals surface area contributed by atoms with Crippen LogP contribution in [-0.2, 0) is 13.1 Å². The van der Waals surface area contributed by atoms with Crippen LogP contribution in [0.1, 0.15) is 72.3 Å². The smallest absolute Gasteiger partial charge is 0.253 e. The minimum absolute atomic E-state index is 0.121. The summed E-state index contributed by atoms with van der Waals surface area (Å²) in [5, 5.41) is 14.2. The van der Waals surface area contributed by atoms with Crippen molar-refractivity contribution in [1.29, 1.82) is 0 Å². The van der Waals surface area contributed by atoms with Gasteiger partial charge < -0.3 is 4.98 Å². The number of benzene rings is 2. The summed E-state index contributed by atoms with van der Waals surface area (Å²) >= 11 is 0. The van der Waals surface area contributed by atoms with Gasteiger partial charge in [-0.05, 0) is 64.4 Å². The predicted molar refractivity (Wildman–Crippen MR) is 151 cm³/mol. The van der Waals surface area contributed by atoms with Gasteiger partial charge in [-0.15, -0.1) is 5.10 Å². The molecular weight excluding hydrogens is 486 g/mol. The van der Waals surface area contributed by atoms with Gasteiger partial charge in [0.25, 0.3) is 5.56 Å². The van der Waals surface area contributed by atoms with Gasteiger partial charge in [0.15, 0.2) is 5.82 Å². The van der Waals surface area contributed by atoms with Gasteiger partial charge in [0.1, 0.15) is 6.04 Å². The first kappa shape index (κ1) is 25.1. The average Bonchev–Trinajstić information content (AvgIpc) is 3.45. The maximum absolute atomic E-state index is 13.8. The number of nitrogens with one attached hydrogen (secondary N) is 1. The zero-order valence-electron chi connectivity index (χ0n) is 22.2. The van der Waals surface area contributed by atoms with Crippen LogP contribution in [0.15, 0.2) is 83.9 Å². The molecule has 8 nitrogen and oxygen atoms in total. The summed E-state index contributed by atoms with van der Waals surface area (Å²) in [6.45, 7) is 3.21. The van der Waals surface area contributed by atoms with Crippen LogP contribution in [0.5, 0.6) is 0 Å². The summed E-state index contributed by atoms with van der Waals surface area (Å²) in [7, 11) is 0. The molecule has 0 bridgehead atoms. The Bertz CT molecular complexity index is 1550. The fourth-order valence-electron chi connectivity index (χ4n) is 5.85.